The second-order valence-electron chi connectivity index (χ2n) is 4.37. The Hall–Kier alpha value is -1.53. The molecule has 0 fully saturated rings. The van der Waals surface area contributed by atoms with Gasteiger partial charge in [0.05, 0.1) is 5.75 Å². The topological polar surface area (TPSA) is 29.1 Å². The average molecular weight is 339 g/mol. The second-order valence-corrected chi connectivity index (χ2v) is 6.56. The van der Waals surface area contributed by atoms with Crippen LogP contribution in [-0.4, -0.2) is 24.0 Å². The number of thioether (sulfide) groups is 2. The first-order valence-electron chi connectivity index (χ1n) is 6.67. The number of halogens is 2. The third kappa shape index (κ3) is 5.69. The lowest BCUT2D eigenvalue weighted by molar-refractivity contribution is -0.118. The number of carbonyl (C=O) groups excluding carboxylic acids is 1. The van der Waals surface area contributed by atoms with Crippen LogP contribution in [0.3, 0.4) is 0 Å². The van der Waals surface area contributed by atoms with Gasteiger partial charge in [-0.1, -0.05) is 18.2 Å². The predicted octanol–water partition coefficient (Wildman–Crippen LogP) is 3.97. The van der Waals surface area contributed by atoms with Gasteiger partial charge in [-0.3, -0.25) is 4.79 Å². The Bertz CT molecular complexity index is 623. The van der Waals surface area contributed by atoms with E-state index in [1.807, 2.05) is 30.3 Å². The van der Waals surface area contributed by atoms with Crippen molar-refractivity contribution in [2.45, 2.75) is 9.79 Å². The van der Waals surface area contributed by atoms with Gasteiger partial charge in [-0.2, -0.15) is 0 Å². The fourth-order valence-electron chi connectivity index (χ4n) is 1.66. The van der Waals surface area contributed by atoms with Crippen LogP contribution in [0.5, 0.6) is 0 Å². The summed E-state index contributed by atoms with van der Waals surface area (Å²) in [5.74, 6) is -0.548. The molecular formula is C16H15F2NOS2. The summed E-state index contributed by atoms with van der Waals surface area (Å²) in [5, 5.41) is 2.78. The molecule has 0 heterocycles. The molecule has 0 atom stereocenters. The summed E-state index contributed by atoms with van der Waals surface area (Å²) in [6, 6.07) is 13.3. The van der Waals surface area contributed by atoms with Crippen molar-refractivity contribution in [2.75, 3.05) is 18.1 Å². The van der Waals surface area contributed by atoms with E-state index in [4.69, 9.17) is 0 Å². The van der Waals surface area contributed by atoms with Gasteiger partial charge in [0, 0.05) is 28.2 Å². The molecule has 0 unspecified atom stereocenters. The van der Waals surface area contributed by atoms with Crippen LogP contribution in [0.4, 0.5) is 8.78 Å². The van der Waals surface area contributed by atoms with Gasteiger partial charge in [-0.15, -0.1) is 23.5 Å². The van der Waals surface area contributed by atoms with Crippen molar-refractivity contribution in [1.82, 2.24) is 5.32 Å². The van der Waals surface area contributed by atoms with Crippen molar-refractivity contribution in [3.8, 4) is 0 Å². The molecule has 0 spiro atoms. The van der Waals surface area contributed by atoms with Gasteiger partial charge < -0.3 is 5.32 Å². The Balaban J connectivity index is 1.65. The molecule has 0 saturated heterocycles. The van der Waals surface area contributed by atoms with Crippen molar-refractivity contribution in [2.24, 2.45) is 0 Å². The number of hydrogen-bond donors (Lipinski definition) is 1. The van der Waals surface area contributed by atoms with Gasteiger partial charge in [-0.25, -0.2) is 8.78 Å². The van der Waals surface area contributed by atoms with Crippen molar-refractivity contribution < 1.29 is 13.6 Å². The summed E-state index contributed by atoms with van der Waals surface area (Å²) in [5.41, 5.74) is 0. The van der Waals surface area contributed by atoms with Gasteiger partial charge in [0.2, 0.25) is 5.91 Å². The quantitative estimate of drug-likeness (QED) is 0.611. The molecular weight excluding hydrogens is 324 g/mol. The monoisotopic (exact) mass is 339 g/mol. The Labute approximate surface area is 136 Å². The summed E-state index contributed by atoms with van der Waals surface area (Å²) in [6.07, 6.45) is 0. The molecule has 22 heavy (non-hydrogen) atoms. The van der Waals surface area contributed by atoms with Gasteiger partial charge in [-0.05, 0) is 24.3 Å². The fraction of sp³-hybridized carbons (Fsp3) is 0.188. The van der Waals surface area contributed by atoms with Crippen molar-refractivity contribution in [3.05, 3.63) is 60.2 Å². The zero-order valence-electron chi connectivity index (χ0n) is 11.7. The molecule has 2 aromatic rings. The number of nitrogens with one attached hydrogen (secondary N) is 1. The second kappa shape index (κ2) is 8.80. The lowest BCUT2D eigenvalue weighted by atomic mass is 10.3. The summed E-state index contributed by atoms with van der Waals surface area (Å²) < 4.78 is 26.2. The van der Waals surface area contributed by atoms with Crippen LogP contribution >= 0.6 is 23.5 Å². The van der Waals surface area contributed by atoms with Crippen molar-refractivity contribution in [1.29, 1.82) is 0 Å². The summed E-state index contributed by atoms with van der Waals surface area (Å²) in [6.45, 7) is 0.546. The van der Waals surface area contributed by atoms with Crippen LogP contribution in [0.25, 0.3) is 0 Å². The van der Waals surface area contributed by atoms with Crippen molar-refractivity contribution >= 4 is 29.4 Å². The Kier molecular flexibility index (Phi) is 6.74. The summed E-state index contributed by atoms with van der Waals surface area (Å²) in [7, 11) is 0. The maximum absolute atomic E-state index is 13.4. The van der Waals surface area contributed by atoms with E-state index in [1.54, 1.807) is 11.8 Å². The highest BCUT2D eigenvalue weighted by Crippen LogP contribution is 2.22. The summed E-state index contributed by atoms with van der Waals surface area (Å²) >= 11 is 2.72. The number of carbonyl (C=O) groups is 1. The molecule has 0 aliphatic carbocycles. The number of rotatable bonds is 7. The van der Waals surface area contributed by atoms with E-state index in [9.17, 15) is 13.6 Å². The molecule has 6 heteroatoms. The highest BCUT2D eigenvalue weighted by molar-refractivity contribution is 8.00. The van der Waals surface area contributed by atoms with Crippen LogP contribution in [0.1, 0.15) is 0 Å². The van der Waals surface area contributed by atoms with E-state index in [0.717, 1.165) is 28.5 Å². The average Bonchev–Trinajstić information content (AvgIpc) is 2.52. The standard InChI is InChI=1S/C16H15F2NOS2/c17-12-6-7-15(14(18)10-12)22-11-16(20)19-8-9-21-13-4-2-1-3-5-13/h1-7,10H,8-9,11H2,(H,19,20). The summed E-state index contributed by atoms with van der Waals surface area (Å²) in [4.78, 5) is 13.1. The first-order valence-corrected chi connectivity index (χ1v) is 8.64. The minimum absolute atomic E-state index is 0.110. The van der Waals surface area contributed by atoms with Crippen LogP contribution < -0.4 is 5.32 Å². The molecule has 2 rings (SSSR count). The number of benzene rings is 2. The lowest BCUT2D eigenvalue weighted by Crippen LogP contribution is -2.27. The Morgan fingerprint density at radius 3 is 2.55 bits per heavy atom. The highest BCUT2D eigenvalue weighted by Gasteiger charge is 2.07. The maximum Gasteiger partial charge on any atom is 0.230 e. The van der Waals surface area contributed by atoms with Crippen molar-refractivity contribution in [3.63, 3.8) is 0 Å². The molecule has 0 radical (unpaired) electrons. The smallest absolute Gasteiger partial charge is 0.230 e. The van der Waals surface area contributed by atoms with E-state index >= 15 is 0 Å². The van der Waals surface area contributed by atoms with Crippen LogP contribution in [0.15, 0.2) is 58.3 Å². The molecule has 0 aliphatic heterocycles. The van der Waals surface area contributed by atoms with Gasteiger partial charge in [0.15, 0.2) is 0 Å². The first kappa shape index (κ1) is 16.8. The number of amides is 1. The van der Waals surface area contributed by atoms with Gasteiger partial charge in [0.1, 0.15) is 11.6 Å². The van der Waals surface area contributed by atoms with E-state index < -0.39 is 11.6 Å². The third-order valence-electron chi connectivity index (χ3n) is 2.69. The normalized spacial score (nSPS) is 10.5. The molecule has 0 saturated carbocycles. The van der Waals surface area contributed by atoms with Crippen LogP contribution in [0, 0.1) is 11.6 Å². The largest absolute Gasteiger partial charge is 0.355 e. The Morgan fingerprint density at radius 2 is 1.82 bits per heavy atom. The van der Waals surface area contributed by atoms with E-state index in [0.29, 0.717) is 6.54 Å². The molecule has 2 nitrogen and oxygen atoms in total. The molecule has 2 aromatic carbocycles. The van der Waals surface area contributed by atoms with E-state index in [1.165, 1.54) is 12.1 Å². The van der Waals surface area contributed by atoms with Gasteiger partial charge in [0.25, 0.3) is 0 Å². The highest BCUT2D eigenvalue weighted by atomic mass is 32.2. The SMILES string of the molecule is O=C(CSc1ccc(F)cc1F)NCCSc1ccccc1. The number of hydrogen-bond acceptors (Lipinski definition) is 3. The molecule has 0 aliphatic rings. The first-order chi connectivity index (χ1) is 10.6. The fourth-order valence-corrected chi connectivity index (χ4v) is 3.20. The lowest BCUT2D eigenvalue weighted by Gasteiger charge is -2.06. The van der Waals surface area contributed by atoms with E-state index in [-0.39, 0.29) is 16.6 Å². The minimum Gasteiger partial charge on any atom is -0.355 e. The minimum atomic E-state index is -0.641. The molecule has 1 amide bonds. The molecule has 1 N–H and O–H groups in total. The third-order valence-corrected chi connectivity index (χ3v) is 4.75. The molecule has 116 valence electrons. The zero-order chi connectivity index (χ0) is 15.8. The molecule has 0 bridgehead atoms. The van der Waals surface area contributed by atoms with Crippen LogP contribution in [0.2, 0.25) is 0 Å². The van der Waals surface area contributed by atoms with Crippen LogP contribution in [-0.2, 0) is 4.79 Å². The van der Waals surface area contributed by atoms with Gasteiger partial charge >= 0.3 is 0 Å². The maximum atomic E-state index is 13.4. The Morgan fingerprint density at radius 1 is 1.05 bits per heavy atom. The molecule has 0 aromatic heterocycles. The predicted molar refractivity (Wildman–Crippen MR) is 87.3 cm³/mol. The van der Waals surface area contributed by atoms with E-state index in [2.05, 4.69) is 5.32 Å². The zero-order valence-corrected chi connectivity index (χ0v) is 13.4.